The van der Waals surface area contributed by atoms with Crippen molar-refractivity contribution in [1.29, 1.82) is 0 Å². The molecule has 1 atom stereocenters. The zero-order chi connectivity index (χ0) is 28.7. The van der Waals surface area contributed by atoms with E-state index in [1.54, 1.807) is 32.4 Å². The van der Waals surface area contributed by atoms with Crippen molar-refractivity contribution < 1.29 is 22.7 Å². The number of piperazine rings is 1. The Morgan fingerprint density at radius 2 is 1.88 bits per heavy atom. The van der Waals surface area contributed by atoms with Gasteiger partial charge in [0.15, 0.2) is 20.7 Å². The van der Waals surface area contributed by atoms with Crippen molar-refractivity contribution in [2.24, 2.45) is 5.10 Å². The summed E-state index contributed by atoms with van der Waals surface area (Å²) in [6, 6.07) is 6.46. The van der Waals surface area contributed by atoms with E-state index in [4.69, 9.17) is 4.74 Å². The van der Waals surface area contributed by atoms with Gasteiger partial charge in [0.1, 0.15) is 0 Å². The number of carbonyl (C=O) groups is 2. The second-order valence-electron chi connectivity index (χ2n) is 10.2. The molecule has 2 aliphatic heterocycles. The third-order valence-electron chi connectivity index (χ3n) is 7.06. The van der Waals surface area contributed by atoms with E-state index in [-0.39, 0.29) is 28.3 Å². The van der Waals surface area contributed by atoms with Crippen LogP contribution in [0.25, 0.3) is 0 Å². The molecule has 0 radical (unpaired) electrons. The highest BCUT2D eigenvalue weighted by Gasteiger charge is 2.26. The van der Waals surface area contributed by atoms with Gasteiger partial charge in [-0.15, -0.1) is 11.3 Å². The molecule has 2 aliphatic rings. The molecule has 2 saturated heterocycles. The molecule has 0 spiro atoms. The lowest BCUT2D eigenvalue weighted by Crippen LogP contribution is -2.52. The summed E-state index contributed by atoms with van der Waals surface area (Å²) in [5.74, 6) is -0.306. The third kappa shape index (κ3) is 7.87. The van der Waals surface area contributed by atoms with Gasteiger partial charge in [-0.2, -0.15) is 5.10 Å². The lowest BCUT2D eigenvalue weighted by atomic mass is 10.1. The summed E-state index contributed by atoms with van der Waals surface area (Å²) in [4.78, 5) is 35.0. The molecule has 0 aliphatic carbocycles. The Labute approximate surface area is 240 Å². The van der Waals surface area contributed by atoms with E-state index < -0.39 is 15.7 Å². The summed E-state index contributed by atoms with van der Waals surface area (Å²) in [5.41, 5.74) is 0.755. The van der Waals surface area contributed by atoms with Crippen molar-refractivity contribution in [3.63, 3.8) is 0 Å². The Hall–Kier alpha value is -2.87. The van der Waals surface area contributed by atoms with Gasteiger partial charge < -0.3 is 9.64 Å². The second kappa shape index (κ2) is 13.7. The Morgan fingerprint density at radius 3 is 2.52 bits per heavy atom. The number of amides is 2. The van der Waals surface area contributed by atoms with Gasteiger partial charge in [0.2, 0.25) is 5.91 Å². The van der Waals surface area contributed by atoms with Crippen LogP contribution in [0.3, 0.4) is 0 Å². The number of sulfone groups is 1. The highest BCUT2D eigenvalue weighted by atomic mass is 32.2. The van der Waals surface area contributed by atoms with Crippen LogP contribution in [0.1, 0.15) is 43.6 Å². The van der Waals surface area contributed by atoms with E-state index in [2.05, 4.69) is 27.2 Å². The fourth-order valence-corrected chi connectivity index (χ4v) is 7.10. The van der Waals surface area contributed by atoms with Crippen LogP contribution in [0.2, 0.25) is 0 Å². The first-order valence-corrected chi connectivity index (χ1v) is 16.0. The Kier molecular flexibility index (Phi) is 10.3. The SMILES string of the molecule is COCCCS(=O)(=O)c1ccc(/C(=N/N2CCCC2)C(=O)Nc2ncc(CN3CCN(C(C)=O)[C@H](C)C3)s2)cc1. The normalized spacial score (nSPS) is 18.8. The number of nitrogens with zero attached hydrogens (tertiary/aromatic N) is 5. The lowest BCUT2D eigenvalue weighted by molar-refractivity contribution is -0.133. The van der Waals surface area contributed by atoms with E-state index in [0.29, 0.717) is 36.8 Å². The molecule has 3 heterocycles. The van der Waals surface area contributed by atoms with E-state index in [0.717, 1.165) is 43.9 Å². The van der Waals surface area contributed by atoms with E-state index in [1.165, 1.54) is 23.5 Å². The number of ether oxygens (including phenoxy) is 1. The van der Waals surface area contributed by atoms with Gasteiger partial charge in [0.05, 0.1) is 10.6 Å². The third-order valence-corrected chi connectivity index (χ3v) is 9.77. The molecule has 2 aromatic rings. The van der Waals surface area contributed by atoms with Crippen LogP contribution < -0.4 is 5.32 Å². The minimum Gasteiger partial charge on any atom is -0.385 e. The van der Waals surface area contributed by atoms with Crippen molar-refractivity contribution >= 4 is 43.8 Å². The highest BCUT2D eigenvalue weighted by Crippen LogP contribution is 2.23. The summed E-state index contributed by atoms with van der Waals surface area (Å²) in [7, 11) is -1.91. The second-order valence-corrected chi connectivity index (χ2v) is 13.4. The first-order chi connectivity index (χ1) is 19.2. The quantitative estimate of drug-likeness (QED) is 0.313. The van der Waals surface area contributed by atoms with Crippen molar-refractivity contribution in [1.82, 2.24) is 19.8 Å². The summed E-state index contributed by atoms with van der Waals surface area (Å²) < 4.78 is 30.3. The van der Waals surface area contributed by atoms with Crippen LogP contribution >= 0.6 is 11.3 Å². The monoisotopic (exact) mass is 590 g/mol. The number of hydrogen-bond acceptors (Lipinski definition) is 10. The largest absolute Gasteiger partial charge is 0.385 e. The Bertz CT molecular complexity index is 1300. The number of carbonyl (C=O) groups excluding carboxylic acids is 2. The van der Waals surface area contributed by atoms with Gasteiger partial charge >= 0.3 is 0 Å². The number of hydrogen-bond donors (Lipinski definition) is 1. The number of methoxy groups -OCH3 is 1. The predicted molar refractivity (Wildman–Crippen MR) is 155 cm³/mol. The molecule has 0 bridgehead atoms. The first-order valence-electron chi connectivity index (χ1n) is 13.6. The highest BCUT2D eigenvalue weighted by molar-refractivity contribution is 7.91. The Morgan fingerprint density at radius 1 is 1.15 bits per heavy atom. The average molecular weight is 591 g/mol. The Balaban J connectivity index is 1.44. The van der Waals surface area contributed by atoms with Crippen LogP contribution in [-0.2, 0) is 30.7 Å². The molecule has 40 heavy (non-hydrogen) atoms. The number of thiazole rings is 1. The van der Waals surface area contributed by atoms with Crippen molar-refractivity contribution in [3.8, 4) is 0 Å². The molecule has 1 N–H and O–H groups in total. The molecule has 1 aromatic carbocycles. The fraction of sp³-hybridized carbons (Fsp3) is 0.556. The number of nitrogens with one attached hydrogen (secondary N) is 1. The van der Waals surface area contributed by atoms with Crippen molar-refractivity contribution in [2.75, 3.05) is 57.5 Å². The maximum atomic E-state index is 13.4. The minimum absolute atomic E-state index is 0.00684. The van der Waals surface area contributed by atoms with Crippen LogP contribution in [-0.4, -0.2) is 104 Å². The minimum atomic E-state index is -3.45. The molecule has 13 heteroatoms. The van der Waals surface area contributed by atoms with E-state index >= 15 is 0 Å². The van der Waals surface area contributed by atoms with E-state index in [9.17, 15) is 18.0 Å². The van der Waals surface area contributed by atoms with Gasteiger partial charge in [0, 0.05) is 82.6 Å². The van der Waals surface area contributed by atoms with Gasteiger partial charge in [-0.3, -0.25) is 24.8 Å². The maximum Gasteiger partial charge on any atom is 0.278 e. The van der Waals surface area contributed by atoms with Crippen LogP contribution in [0.5, 0.6) is 0 Å². The molecule has 0 unspecified atom stereocenters. The standard InChI is InChI=1S/C27H38N6O5S2/c1-20-18-31(13-14-33(20)21(2)34)19-23-17-28-27(39-23)29-26(35)25(30-32-11-4-5-12-32)22-7-9-24(10-8-22)40(36,37)16-6-15-38-3/h7-10,17,20H,4-6,11-16,18-19H2,1-3H3,(H,28,29,35)/b30-25-/t20-/m1/s1. The summed E-state index contributed by atoms with van der Waals surface area (Å²) in [6.45, 7) is 8.51. The maximum absolute atomic E-state index is 13.4. The number of benzene rings is 1. The predicted octanol–water partition coefficient (Wildman–Crippen LogP) is 2.44. The fourth-order valence-electron chi connectivity index (χ4n) is 4.97. The number of aromatic nitrogens is 1. The number of rotatable bonds is 11. The van der Waals surface area contributed by atoms with Gasteiger partial charge in [-0.05, 0) is 38.3 Å². The van der Waals surface area contributed by atoms with Crippen LogP contribution in [0, 0.1) is 0 Å². The molecule has 2 amide bonds. The molecule has 4 rings (SSSR count). The van der Waals surface area contributed by atoms with Crippen LogP contribution in [0.4, 0.5) is 5.13 Å². The number of anilines is 1. The zero-order valence-corrected chi connectivity index (χ0v) is 25.0. The molecular formula is C27H38N6O5S2. The molecular weight excluding hydrogens is 552 g/mol. The lowest BCUT2D eigenvalue weighted by Gasteiger charge is -2.39. The summed E-state index contributed by atoms with van der Waals surface area (Å²) in [6.07, 6.45) is 4.19. The number of hydrazone groups is 1. The smallest absolute Gasteiger partial charge is 0.278 e. The summed E-state index contributed by atoms with van der Waals surface area (Å²) in [5, 5.41) is 9.87. The molecule has 11 nitrogen and oxygen atoms in total. The van der Waals surface area contributed by atoms with Gasteiger partial charge in [0.25, 0.3) is 5.91 Å². The van der Waals surface area contributed by atoms with Crippen LogP contribution in [0.15, 0.2) is 40.5 Å². The molecule has 218 valence electrons. The van der Waals surface area contributed by atoms with Crippen molar-refractivity contribution in [2.45, 2.75) is 50.6 Å². The van der Waals surface area contributed by atoms with Crippen molar-refractivity contribution in [3.05, 3.63) is 40.9 Å². The summed E-state index contributed by atoms with van der Waals surface area (Å²) >= 11 is 1.41. The zero-order valence-electron chi connectivity index (χ0n) is 23.3. The molecule has 0 saturated carbocycles. The molecule has 1 aromatic heterocycles. The van der Waals surface area contributed by atoms with E-state index in [1.807, 2.05) is 9.91 Å². The van der Waals surface area contributed by atoms with Gasteiger partial charge in [-0.1, -0.05) is 12.1 Å². The molecule has 2 fully saturated rings. The van der Waals surface area contributed by atoms with Gasteiger partial charge in [-0.25, -0.2) is 13.4 Å². The first kappa shape index (κ1) is 30.1. The topological polar surface area (TPSA) is 125 Å². The average Bonchev–Trinajstić information content (AvgIpc) is 3.59.